The molecule has 0 aromatic heterocycles. The van der Waals surface area contributed by atoms with Gasteiger partial charge in [-0.1, -0.05) is 30.5 Å². The molecule has 3 nitrogen and oxygen atoms in total. The number of carbonyl (C=O) groups is 1. The molecule has 0 bridgehead atoms. The second-order valence-corrected chi connectivity index (χ2v) is 6.07. The monoisotopic (exact) mass is 280 g/mol. The summed E-state index contributed by atoms with van der Waals surface area (Å²) >= 11 is 5.94. The highest BCUT2D eigenvalue weighted by atomic mass is 35.5. The van der Waals surface area contributed by atoms with E-state index in [-0.39, 0.29) is 11.4 Å². The molecule has 4 heteroatoms. The fourth-order valence-corrected chi connectivity index (χ4v) is 2.72. The molecule has 1 saturated carbocycles. The summed E-state index contributed by atoms with van der Waals surface area (Å²) in [5, 5.41) is 6.91. The van der Waals surface area contributed by atoms with E-state index in [1.807, 2.05) is 19.1 Å². The smallest absolute Gasteiger partial charge is 0.238 e. The van der Waals surface area contributed by atoms with Crippen LogP contribution in [-0.4, -0.2) is 18.0 Å². The lowest BCUT2D eigenvalue weighted by Gasteiger charge is -2.25. The molecule has 1 aromatic rings. The first kappa shape index (κ1) is 14.4. The first-order valence-electron chi connectivity index (χ1n) is 6.80. The van der Waals surface area contributed by atoms with Gasteiger partial charge in [0, 0.05) is 16.2 Å². The topological polar surface area (TPSA) is 41.1 Å². The zero-order valence-corrected chi connectivity index (χ0v) is 12.3. The van der Waals surface area contributed by atoms with Crippen LogP contribution in [0.5, 0.6) is 0 Å². The first-order valence-corrected chi connectivity index (χ1v) is 7.17. The molecular weight excluding hydrogens is 260 g/mol. The van der Waals surface area contributed by atoms with Crippen LogP contribution in [0.4, 0.5) is 5.69 Å². The predicted molar refractivity (Wildman–Crippen MR) is 79.7 cm³/mol. The molecule has 0 unspecified atom stereocenters. The highest BCUT2D eigenvalue weighted by Gasteiger charge is 2.28. The van der Waals surface area contributed by atoms with Crippen LogP contribution in [0.15, 0.2) is 18.2 Å². The third kappa shape index (κ3) is 3.95. The highest BCUT2D eigenvalue weighted by Crippen LogP contribution is 2.28. The summed E-state index contributed by atoms with van der Waals surface area (Å²) in [5.74, 6) is -0.0153. The molecule has 2 N–H and O–H groups in total. The Hall–Kier alpha value is -1.06. The minimum atomic E-state index is -0.0153. The van der Waals surface area contributed by atoms with Crippen molar-refractivity contribution in [2.24, 2.45) is 0 Å². The SMILES string of the molecule is Cc1ccc(Cl)cc1NC(=O)CNC1(C)CCCC1. The molecule has 1 amide bonds. The quantitative estimate of drug-likeness (QED) is 0.886. The van der Waals surface area contributed by atoms with E-state index in [4.69, 9.17) is 11.6 Å². The largest absolute Gasteiger partial charge is 0.325 e. The van der Waals surface area contributed by atoms with Crippen molar-refractivity contribution in [3.05, 3.63) is 28.8 Å². The van der Waals surface area contributed by atoms with E-state index in [0.717, 1.165) is 24.1 Å². The Morgan fingerprint density at radius 1 is 1.37 bits per heavy atom. The molecule has 1 aromatic carbocycles. The van der Waals surface area contributed by atoms with Crippen molar-refractivity contribution in [2.75, 3.05) is 11.9 Å². The van der Waals surface area contributed by atoms with E-state index in [1.165, 1.54) is 12.8 Å². The van der Waals surface area contributed by atoms with E-state index in [0.29, 0.717) is 11.6 Å². The second-order valence-electron chi connectivity index (χ2n) is 5.63. The summed E-state index contributed by atoms with van der Waals surface area (Å²) in [4.78, 5) is 12.0. The number of benzene rings is 1. The highest BCUT2D eigenvalue weighted by molar-refractivity contribution is 6.31. The van der Waals surface area contributed by atoms with Crippen LogP contribution in [0.2, 0.25) is 5.02 Å². The summed E-state index contributed by atoms with van der Waals surface area (Å²) < 4.78 is 0. The van der Waals surface area contributed by atoms with Gasteiger partial charge in [0.15, 0.2) is 0 Å². The summed E-state index contributed by atoms with van der Waals surface area (Å²) in [6, 6.07) is 5.51. The molecule has 0 aliphatic heterocycles. The number of anilines is 1. The van der Waals surface area contributed by atoms with E-state index < -0.39 is 0 Å². The van der Waals surface area contributed by atoms with Crippen LogP contribution in [0.1, 0.15) is 38.2 Å². The Bertz CT molecular complexity index is 467. The fourth-order valence-electron chi connectivity index (χ4n) is 2.55. The van der Waals surface area contributed by atoms with Gasteiger partial charge in [-0.15, -0.1) is 0 Å². The van der Waals surface area contributed by atoms with Gasteiger partial charge in [-0.25, -0.2) is 0 Å². The van der Waals surface area contributed by atoms with Crippen molar-refractivity contribution < 1.29 is 4.79 Å². The number of aryl methyl sites for hydroxylation is 1. The average molecular weight is 281 g/mol. The third-order valence-electron chi connectivity index (χ3n) is 3.86. The number of nitrogens with one attached hydrogen (secondary N) is 2. The maximum Gasteiger partial charge on any atom is 0.238 e. The van der Waals surface area contributed by atoms with E-state index >= 15 is 0 Å². The van der Waals surface area contributed by atoms with Crippen LogP contribution in [0.25, 0.3) is 0 Å². The standard InChI is InChI=1S/C15H21ClN2O/c1-11-5-6-12(16)9-13(11)18-14(19)10-17-15(2)7-3-4-8-15/h5-6,9,17H,3-4,7-8,10H2,1-2H3,(H,18,19). The Morgan fingerprint density at radius 3 is 2.74 bits per heavy atom. The van der Waals surface area contributed by atoms with Gasteiger partial charge in [-0.05, 0) is 44.4 Å². The molecule has 1 aliphatic carbocycles. The lowest BCUT2D eigenvalue weighted by molar-refractivity contribution is -0.115. The molecule has 0 atom stereocenters. The van der Waals surface area contributed by atoms with Gasteiger partial charge in [-0.3, -0.25) is 4.79 Å². The molecule has 0 spiro atoms. The second kappa shape index (κ2) is 5.93. The van der Waals surface area contributed by atoms with Crippen LogP contribution < -0.4 is 10.6 Å². The third-order valence-corrected chi connectivity index (χ3v) is 4.09. The number of rotatable bonds is 4. The fraction of sp³-hybridized carbons (Fsp3) is 0.533. The van der Waals surface area contributed by atoms with Crippen molar-refractivity contribution in [1.82, 2.24) is 5.32 Å². The van der Waals surface area contributed by atoms with Gasteiger partial charge >= 0.3 is 0 Å². The average Bonchev–Trinajstić information content (AvgIpc) is 2.79. The summed E-state index contributed by atoms with van der Waals surface area (Å²) in [5.41, 5.74) is 1.93. The van der Waals surface area contributed by atoms with E-state index in [9.17, 15) is 4.79 Å². The molecule has 0 saturated heterocycles. The van der Waals surface area contributed by atoms with Crippen molar-refractivity contribution in [3.63, 3.8) is 0 Å². The molecule has 2 rings (SSSR count). The molecule has 19 heavy (non-hydrogen) atoms. The zero-order valence-electron chi connectivity index (χ0n) is 11.6. The van der Waals surface area contributed by atoms with Crippen molar-refractivity contribution in [2.45, 2.75) is 45.1 Å². The van der Waals surface area contributed by atoms with Gasteiger partial charge in [-0.2, -0.15) is 0 Å². The van der Waals surface area contributed by atoms with Gasteiger partial charge in [0.05, 0.1) is 6.54 Å². The number of hydrogen-bond acceptors (Lipinski definition) is 2. The number of amides is 1. The molecule has 1 fully saturated rings. The molecule has 0 radical (unpaired) electrons. The summed E-state index contributed by atoms with van der Waals surface area (Å²) in [7, 11) is 0. The van der Waals surface area contributed by atoms with Gasteiger partial charge in [0.25, 0.3) is 0 Å². The Morgan fingerprint density at radius 2 is 2.05 bits per heavy atom. The van der Waals surface area contributed by atoms with Gasteiger partial charge in [0.2, 0.25) is 5.91 Å². The minimum Gasteiger partial charge on any atom is -0.325 e. The van der Waals surface area contributed by atoms with Crippen molar-refractivity contribution in [3.8, 4) is 0 Å². The first-order chi connectivity index (χ1) is 8.98. The van der Waals surface area contributed by atoms with Crippen LogP contribution in [0, 0.1) is 6.92 Å². The maximum absolute atomic E-state index is 12.0. The molecule has 1 aliphatic rings. The van der Waals surface area contributed by atoms with Crippen molar-refractivity contribution in [1.29, 1.82) is 0 Å². The van der Waals surface area contributed by atoms with Crippen LogP contribution in [-0.2, 0) is 4.79 Å². The number of carbonyl (C=O) groups excluding carboxylic acids is 1. The molecule has 104 valence electrons. The normalized spacial score (nSPS) is 17.4. The van der Waals surface area contributed by atoms with E-state index in [1.54, 1.807) is 6.07 Å². The number of hydrogen-bond donors (Lipinski definition) is 2. The lowest BCUT2D eigenvalue weighted by Crippen LogP contribution is -2.43. The van der Waals surface area contributed by atoms with Crippen LogP contribution >= 0.6 is 11.6 Å². The molecule has 0 heterocycles. The molecular formula is C15H21ClN2O. The minimum absolute atomic E-state index is 0.0153. The lowest BCUT2D eigenvalue weighted by atomic mass is 10.0. The maximum atomic E-state index is 12.0. The Kier molecular flexibility index (Phi) is 4.48. The Balaban J connectivity index is 1.89. The number of halogens is 1. The van der Waals surface area contributed by atoms with Crippen LogP contribution in [0.3, 0.4) is 0 Å². The van der Waals surface area contributed by atoms with E-state index in [2.05, 4.69) is 17.6 Å². The van der Waals surface area contributed by atoms with Crippen molar-refractivity contribution >= 4 is 23.2 Å². The van der Waals surface area contributed by atoms with Gasteiger partial charge in [0.1, 0.15) is 0 Å². The summed E-state index contributed by atoms with van der Waals surface area (Å²) in [6.07, 6.45) is 4.80. The van der Waals surface area contributed by atoms with Gasteiger partial charge < -0.3 is 10.6 Å². The zero-order chi connectivity index (χ0) is 13.9. The predicted octanol–water partition coefficient (Wildman–Crippen LogP) is 3.51. The summed E-state index contributed by atoms with van der Waals surface area (Å²) in [6.45, 7) is 4.50. The Labute approximate surface area is 119 Å².